The molecule has 32 heavy (non-hydrogen) atoms. The van der Waals surface area contributed by atoms with Gasteiger partial charge in [0.05, 0.1) is 12.9 Å². The standard InChI is InChI=1S/C21H21ClFN5O4/c22-20-25-17(27-7-21(8-27)4-10-1-2-12(23)3-11(10)5-21)14-18(26-20)28(9-24-14)19-16(31)15(30)13(6-29)32-19/h1-3,9,13,15-16,19,29-31H,4-8H2/t13-,15?,16?,19-/m1/s1. The van der Waals surface area contributed by atoms with Gasteiger partial charge in [-0.05, 0) is 47.7 Å². The van der Waals surface area contributed by atoms with Crippen molar-refractivity contribution in [2.24, 2.45) is 5.41 Å². The van der Waals surface area contributed by atoms with Crippen molar-refractivity contribution in [2.75, 3.05) is 24.6 Å². The van der Waals surface area contributed by atoms with Crippen LogP contribution >= 0.6 is 11.6 Å². The lowest BCUT2D eigenvalue weighted by Crippen LogP contribution is -2.57. The summed E-state index contributed by atoms with van der Waals surface area (Å²) in [5.41, 5.74) is 3.15. The molecule has 1 aliphatic carbocycles. The monoisotopic (exact) mass is 461 g/mol. The summed E-state index contributed by atoms with van der Waals surface area (Å²) in [5, 5.41) is 29.9. The highest BCUT2D eigenvalue weighted by Gasteiger charge is 2.49. The summed E-state index contributed by atoms with van der Waals surface area (Å²) in [4.78, 5) is 15.2. The van der Waals surface area contributed by atoms with Crippen molar-refractivity contribution < 1.29 is 24.4 Å². The van der Waals surface area contributed by atoms with Crippen LogP contribution in [0.15, 0.2) is 24.5 Å². The molecule has 2 fully saturated rings. The molecule has 2 unspecified atom stereocenters. The van der Waals surface area contributed by atoms with Gasteiger partial charge in [-0.15, -0.1) is 0 Å². The van der Waals surface area contributed by atoms with E-state index in [1.807, 2.05) is 6.07 Å². The first kappa shape index (κ1) is 20.3. The summed E-state index contributed by atoms with van der Waals surface area (Å²) in [6.07, 6.45) is -1.20. The Morgan fingerprint density at radius 1 is 1.16 bits per heavy atom. The molecule has 9 nitrogen and oxygen atoms in total. The van der Waals surface area contributed by atoms with E-state index >= 15 is 0 Å². The van der Waals surface area contributed by atoms with Gasteiger partial charge in [0.15, 0.2) is 23.2 Å². The Morgan fingerprint density at radius 3 is 2.69 bits per heavy atom. The molecule has 6 rings (SSSR count). The second-order valence-corrected chi connectivity index (χ2v) is 9.33. The molecule has 4 atom stereocenters. The number of imidazole rings is 1. The van der Waals surface area contributed by atoms with Gasteiger partial charge in [0, 0.05) is 18.5 Å². The van der Waals surface area contributed by atoms with Gasteiger partial charge in [-0.2, -0.15) is 9.97 Å². The number of aromatic nitrogens is 4. The number of aliphatic hydroxyl groups excluding tert-OH is 3. The van der Waals surface area contributed by atoms with Gasteiger partial charge in [0.2, 0.25) is 5.28 Å². The quantitative estimate of drug-likeness (QED) is 0.491. The van der Waals surface area contributed by atoms with E-state index in [1.165, 1.54) is 22.5 Å². The van der Waals surface area contributed by atoms with Crippen LogP contribution in [0, 0.1) is 11.2 Å². The number of fused-ring (bicyclic) bond motifs is 2. The SMILES string of the molecule is OC[C@H]1O[C@@H](n2cnc3c(N4CC5(Cc6ccc(F)cc6C5)C4)nc(Cl)nc32)C(O)C1O. The van der Waals surface area contributed by atoms with Gasteiger partial charge in [-0.3, -0.25) is 4.57 Å². The molecule has 3 aliphatic rings. The third-order valence-electron chi connectivity index (χ3n) is 6.82. The number of aliphatic hydroxyl groups is 3. The van der Waals surface area contributed by atoms with Crippen LogP contribution in [0.1, 0.15) is 17.4 Å². The van der Waals surface area contributed by atoms with E-state index in [0.29, 0.717) is 17.0 Å². The van der Waals surface area contributed by atoms with E-state index in [9.17, 15) is 19.7 Å². The van der Waals surface area contributed by atoms with Crippen molar-refractivity contribution in [3.8, 4) is 0 Å². The van der Waals surface area contributed by atoms with Crippen LogP contribution in [0.25, 0.3) is 11.2 Å². The number of halogens is 2. The van der Waals surface area contributed by atoms with Crippen LogP contribution in [0.3, 0.4) is 0 Å². The van der Waals surface area contributed by atoms with Crippen molar-refractivity contribution in [1.29, 1.82) is 0 Å². The molecule has 4 heterocycles. The first-order valence-electron chi connectivity index (χ1n) is 10.4. The van der Waals surface area contributed by atoms with Gasteiger partial charge < -0.3 is 25.0 Å². The summed E-state index contributed by atoms with van der Waals surface area (Å²) in [6, 6.07) is 4.99. The summed E-state index contributed by atoms with van der Waals surface area (Å²) in [5.74, 6) is 0.370. The number of ether oxygens (including phenoxy) is 1. The highest BCUT2D eigenvalue weighted by atomic mass is 35.5. The Hall–Kier alpha value is -2.37. The van der Waals surface area contributed by atoms with E-state index in [1.54, 1.807) is 6.07 Å². The summed E-state index contributed by atoms with van der Waals surface area (Å²) < 4.78 is 20.7. The fourth-order valence-corrected chi connectivity index (χ4v) is 5.49. The van der Waals surface area contributed by atoms with Gasteiger partial charge in [-0.1, -0.05) is 6.07 Å². The Bertz CT molecular complexity index is 1220. The van der Waals surface area contributed by atoms with Gasteiger partial charge in [-0.25, -0.2) is 9.37 Å². The number of anilines is 1. The number of rotatable bonds is 3. The Balaban J connectivity index is 1.29. The molecule has 2 aliphatic heterocycles. The molecular weight excluding hydrogens is 441 g/mol. The molecular formula is C21H21ClFN5O4. The average molecular weight is 462 g/mol. The summed E-state index contributed by atoms with van der Waals surface area (Å²) in [7, 11) is 0. The Labute approximate surface area is 187 Å². The predicted molar refractivity (Wildman–Crippen MR) is 112 cm³/mol. The largest absolute Gasteiger partial charge is 0.394 e. The smallest absolute Gasteiger partial charge is 0.226 e. The highest BCUT2D eigenvalue weighted by Crippen LogP contribution is 2.46. The maximum absolute atomic E-state index is 13.6. The van der Waals surface area contributed by atoms with E-state index in [4.69, 9.17) is 16.3 Å². The predicted octanol–water partition coefficient (Wildman–Crippen LogP) is 0.835. The van der Waals surface area contributed by atoms with E-state index < -0.39 is 31.1 Å². The minimum absolute atomic E-state index is 0.0266. The molecule has 0 bridgehead atoms. The van der Waals surface area contributed by atoms with E-state index in [0.717, 1.165) is 31.5 Å². The first-order valence-corrected chi connectivity index (χ1v) is 10.8. The molecule has 3 aromatic rings. The average Bonchev–Trinajstić information content (AvgIpc) is 3.40. The maximum Gasteiger partial charge on any atom is 0.226 e. The van der Waals surface area contributed by atoms with Gasteiger partial charge in [0.1, 0.15) is 24.1 Å². The summed E-state index contributed by atoms with van der Waals surface area (Å²) >= 11 is 6.22. The van der Waals surface area contributed by atoms with Crippen LogP contribution in [0.5, 0.6) is 0 Å². The maximum atomic E-state index is 13.6. The van der Waals surface area contributed by atoms with Crippen LogP contribution in [-0.4, -0.2) is 72.8 Å². The van der Waals surface area contributed by atoms with Gasteiger partial charge in [0.25, 0.3) is 0 Å². The van der Waals surface area contributed by atoms with Crippen LogP contribution in [0.4, 0.5) is 10.2 Å². The summed E-state index contributed by atoms with van der Waals surface area (Å²) in [6.45, 7) is 1.03. The van der Waals surface area contributed by atoms with Crippen LogP contribution in [-0.2, 0) is 17.6 Å². The van der Waals surface area contributed by atoms with Gasteiger partial charge >= 0.3 is 0 Å². The molecule has 3 N–H and O–H groups in total. The molecule has 0 radical (unpaired) electrons. The molecule has 1 aromatic carbocycles. The van der Waals surface area contributed by atoms with Crippen molar-refractivity contribution in [3.05, 3.63) is 46.8 Å². The number of hydrogen-bond acceptors (Lipinski definition) is 8. The van der Waals surface area contributed by atoms with E-state index in [-0.39, 0.29) is 16.5 Å². The second kappa shape index (κ2) is 7.06. The third-order valence-corrected chi connectivity index (χ3v) is 6.99. The van der Waals surface area contributed by atoms with Crippen molar-refractivity contribution in [1.82, 2.24) is 19.5 Å². The zero-order valence-electron chi connectivity index (χ0n) is 16.9. The topological polar surface area (TPSA) is 117 Å². The zero-order valence-corrected chi connectivity index (χ0v) is 17.7. The molecule has 11 heteroatoms. The minimum atomic E-state index is -1.26. The first-order chi connectivity index (χ1) is 15.4. The molecule has 1 spiro atoms. The number of benzene rings is 1. The van der Waals surface area contributed by atoms with E-state index in [2.05, 4.69) is 19.9 Å². The lowest BCUT2D eigenvalue weighted by molar-refractivity contribution is -0.0511. The lowest BCUT2D eigenvalue weighted by Gasteiger charge is -2.49. The number of hydrogen-bond donors (Lipinski definition) is 3. The van der Waals surface area contributed by atoms with Crippen LogP contribution < -0.4 is 4.90 Å². The second-order valence-electron chi connectivity index (χ2n) is 8.99. The van der Waals surface area contributed by atoms with Crippen molar-refractivity contribution in [3.63, 3.8) is 0 Å². The van der Waals surface area contributed by atoms with Crippen molar-refractivity contribution in [2.45, 2.75) is 37.4 Å². The lowest BCUT2D eigenvalue weighted by atomic mass is 9.77. The molecule has 2 saturated heterocycles. The fraction of sp³-hybridized carbons (Fsp3) is 0.476. The number of nitrogens with zero attached hydrogens (tertiary/aromatic N) is 5. The molecule has 2 aromatic heterocycles. The fourth-order valence-electron chi connectivity index (χ4n) is 5.33. The zero-order chi connectivity index (χ0) is 22.2. The third kappa shape index (κ3) is 2.94. The molecule has 168 valence electrons. The molecule has 0 saturated carbocycles. The molecule has 0 amide bonds. The Kier molecular flexibility index (Phi) is 4.47. The Morgan fingerprint density at radius 2 is 1.94 bits per heavy atom. The van der Waals surface area contributed by atoms with Crippen molar-refractivity contribution >= 4 is 28.6 Å². The van der Waals surface area contributed by atoms with Crippen LogP contribution in [0.2, 0.25) is 5.28 Å². The highest BCUT2D eigenvalue weighted by molar-refractivity contribution is 6.28. The normalized spacial score (nSPS) is 28.5. The minimum Gasteiger partial charge on any atom is -0.394 e.